The summed E-state index contributed by atoms with van der Waals surface area (Å²) in [6.07, 6.45) is -4.58. The van der Waals surface area contributed by atoms with E-state index in [4.69, 9.17) is 39.6 Å². The summed E-state index contributed by atoms with van der Waals surface area (Å²) >= 11 is 7.76. The fourth-order valence-electron chi connectivity index (χ4n) is 3.15. The largest absolute Gasteiger partial charge is 0.480 e. The van der Waals surface area contributed by atoms with E-state index in [0.717, 1.165) is 20.8 Å². The summed E-state index contributed by atoms with van der Waals surface area (Å²) in [6.45, 7) is 5.03. The van der Waals surface area contributed by atoms with Gasteiger partial charge in [-0.3, -0.25) is 28.8 Å². The van der Waals surface area contributed by atoms with Crippen molar-refractivity contribution in [1.82, 2.24) is 10.6 Å². The van der Waals surface area contributed by atoms with Crippen LogP contribution in [0, 0.1) is 0 Å². The number of carboxylic acids is 2. The SMILES string of the molecule is CC(=O)OC[C@H]1OC(OC(C)=O)[C@H](N)[C@@H](OC(C)=O)[C@@H]1OC(C)=O.O=C(O)[C@H](CS)NCCN[C@@H](CS)C(=O)O. The van der Waals surface area contributed by atoms with Crippen molar-refractivity contribution >= 4 is 61.1 Å². The monoisotopic (exact) mass is 615 g/mol. The minimum absolute atomic E-state index is 0.185. The van der Waals surface area contributed by atoms with Crippen LogP contribution in [0.15, 0.2) is 0 Å². The number of hydrogen-bond acceptors (Lipinski definition) is 16. The highest BCUT2D eigenvalue weighted by molar-refractivity contribution is 7.80. The third kappa shape index (κ3) is 14.7. The number of nitrogens with one attached hydrogen (secondary N) is 2. The Kier molecular flexibility index (Phi) is 18.2. The van der Waals surface area contributed by atoms with Gasteiger partial charge in [0.25, 0.3) is 0 Å². The molecule has 0 bridgehead atoms. The molecule has 1 unspecified atom stereocenters. The number of rotatable bonds is 14. The quantitative estimate of drug-likeness (QED) is 0.0482. The highest BCUT2D eigenvalue weighted by atomic mass is 32.1. The van der Waals surface area contributed by atoms with Crippen LogP contribution in [0.1, 0.15) is 27.7 Å². The second kappa shape index (κ2) is 19.4. The van der Waals surface area contributed by atoms with Gasteiger partial charge in [0.2, 0.25) is 6.29 Å². The molecule has 18 heteroatoms. The topological polar surface area (TPSA) is 239 Å². The minimum atomic E-state index is -1.26. The van der Waals surface area contributed by atoms with Gasteiger partial charge in [-0.2, -0.15) is 25.3 Å². The van der Waals surface area contributed by atoms with Gasteiger partial charge in [-0.1, -0.05) is 0 Å². The summed E-state index contributed by atoms with van der Waals surface area (Å²) in [7, 11) is 0. The first kappa shape index (κ1) is 37.4. The number of thiol groups is 2. The summed E-state index contributed by atoms with van der Waals surface area (Å²) in [5, 5.41) is 22.8. The number of aliphatic carboxylic acids is 2. The molecule has 1 heterocycles. The number of carbonyl (C=O) groups is 6. The van der Waals surface area contributed by atoms with Crippen molar-refractivity contribution in [2.45, 2.75) is 70.4 Å². The second-order valence-electron chi connectivity index (χ2n) is 8.24. The first-order chi connectivity index (χ1) is 18.6. The standard InChI is InChI=1S/C14H21NO9.C8H16N2O4S2/c1-6(16)20-5-10-12(21-7(2)17)13(22-8(3)18)11(15)14(24-10)23-9(4)19;11-7(12)5(3-15)9-1-2-10-6(4-16)8(13)14/h10-14H,5,15H2,1-4H3;5-6,9-10,15-16H,1-4H2,(H,11,12)(H,13,14)/t10-,11-,12-,13-,14?;5-,6-/m10/s1. The van der Waals surface area contributed by atoms with E-state index in [1.54, 1.807) is 0 Å². The molecular formula is C22H37N3O13S2. The molecule has 1 aliphatic heterocycles. The van der Waals surface area contributed by atoms with Crippen LogP contribution in [-0.2, 0) is 52.5 Å². The predicted octanol–water partition coefficient (Wildman–Crippen LogP) is -2.04. The third-order valence-electron chi connectivity index (χ3n) is 4.90. The van der Waals surface area contributed by atoms with Crippen molar-refractivity contribution in [3.8, 4) is 0 Å². The van der Waals surface area contributed by atoms with E-state index in [2.05, 4.69) is 35.9 Å². The van der Waals surface area contributed by atoms with Gasteiger partial charge in [0.05, 0.1) is 0 Å². The summed E-state index contributed by atoms with van der Waals surface area (Å²) in [5.41, 5.74) is 5.93. The number of carbonyl (C=O) groups excluding carboxylic acids is 4. The van der Waals surface area contributed by atoms with E-state index in [1.807, 2.05) is 0 Å². The number of hydrogen-bond donors (Lipinski definition) is 7. The first-order valence-electron chi connectivity index (χ1n) is 11.8. The van der Waals surface area contributed by atoms with Crippen molar-refractivity contribution in [3.05, 3.63) is 0 Å². The van der Waals surface area contributed by atoms with E-state index >= 15 is 0 Å². The Bertz CT molecular complexity index is 839. The molecule has 1 rings (SSSR count). The molecule has 16 nitrogen and oxygen atoms in total. The van der Waals surface area contributed by atoms with Crippen LogP contribution in [0.4, 0.5) is 0 Å². The fourth-order valence-corrected chi connectivity index (χ4v) is 3.72. The zero-order valence-electron chi connectivity index (χ0n) is 22.4. The molecule has 1 fully saturated rings. The number of carboxylic acid groups (broad SMARTS) is 2. The molecule has 0 aromatic heterocycles. The molecule has 0 aliphatic carbocycles. The van der Waals surface area contributed by atoms with Crippen molar-refractivity contribution in [2.75, 3.05) is 31.2 Å². The predicted molar refractivity (Wildman–Crippen MR) is 143 cm³/mol. The van der Waals surface area contributed by atoms with E-state index in [9.17, 15) is 28.8 Å². The van der Waals surface area contributed by atoms with Gasteiger partial charge in [-0.05, 0) is 0 Å². The molecule has 0 radical (unpaired) electrons. The summed E-state index contributed by atoms with van der Waals surface area (Å²) in [5.74, 6) is -4.20. The zero-order valence-corrected chi connectivity index (χ0v) is 24.2. The van der Waals surface area contributed by atoms with Crippen LogP contribution in [-0.4, -0.2) is 120 Å². The fraction of sp³-hybridized carbons (Fsp3) is 0.727. The molecule has 0 spiro atoms. The Morgan fingerprint density at radius 2 is 1.20 bits per heavy atom. The van der Waals surface area contributed by atoms with E-state index in [-0.39, 0.29) is 18.1 Å². The van der Waals surface area contributed by atoms with Gasteiger partial charge in [0, 0.05) is 52.3 Å². The maximum atomic E-state index is 11.3. The lowest BCUT2D eigenvalue weighted by Gasteiger charge is -2.42. The lowest BCUT2D eigenvalue weighted by Crippen LogP contribution is -2.65. The smallest absolute Gasteiger partial charge is 0.321 e. The molecule has 230 valence electrons. The molecule has 0 saturated carbocycles. The lowest BCUT2D eigenvalue weighted by atomic mass is 9.97. The molecule has 40 heavy (non-hydrogen) atoms. The molecular weight excluding hydrogens is 578 g/mol. The Morgan fingerprint density at radius 3 is 1.55 bits per heavy atom. The lowest BCUT2D eigenvalue weighted by molar-refractivity contribution is -0.267. The van der Waals surface area contributed by atoms with Crippen molar-refractivity contribution in [1.29, 1.82) is 0 Å². The van der Waals surface area contributed by atoms with Crippen LogP contribution >= 0.6 is 25.3 Å². The Balaban J connectivity index is 0.000000829. The molecule has 0 amide bonds. The summed E-state index contributed by atoms with van der Waals surface area (Å²) < 4.78 is 25.5. The normalized spacial score (nSPS) is 23.3. The van der Waals surface area contributed by atoms with Gasteiger partial charge in [0.15, 0.2) is 12.2 Å². The molecule has 1 aliphatic rings. The van der Waals surface area contributed by atoms with E-state index in [0.29, 0.717) is 13.1 Å². The van der Waals surface area contributed by atoms with Crippen molar-refractivity contribution in [2.24, 2.45) is 5.73 Å². The first-order valence-corrected chi connectivity index (χ1v) is 13.1. The van der Waals surface area contributed by atoms with Crippen LogP contribution in [0.3, 0.4) is 0 Å². The van der Waals surface area contributed by atoms with Crippen LogP contribution < -0.4 is 16.4 Å². The Morgan fingerprint density at radius 1 is 0.775 bits per heavy atom. The maximum Gasteiger partial charge on any atom is 0.321 e. The molecule has 6 N–H and O–H groups in total. The maximum absolute atomic E-state index is 11.3. The van der Waals surface area contributed by atoms with Crippen LogP contribution in [0.25, 0.3) is 0 Å². The number of nitrogens with two attached hydrogens (primary N) is 1. The average Bonchev–Trinajstić information content (AvgIpc) is 2.83. The van der Waals surface area contributed by atoms with E-state index < -0.39 is 78.5 Å². The van der Waals surface area contributed by atoms with Gasteiger partial charge >= 0.3 is 35.8 Å². The summed E-state index contributed by atoms with van der Waals surface area (Å²) in [6, 6.07) is -2.54. The van der Waals surface area contributed by atoms with Crippen molar-refractivity contribution < 1.29 is 62.7 Å². The molecule has 7 atom stereocenters. The van der Waals surface area contributed by atoms with Gasteiger partial charge < -0.3 is 50.3 Å². The number of esters is 4. The highest BCUT2D eigenvalue weighted by Gasteiger charge is 2.50. The second-order valence-corrected chi connectivity index (χ2v) is 8.97. The van der Waals surface area contributed by atoms with Gasteiger partial charge in [-0.25, -0.2) is 0 Å². The molecule has 1 saturated heterocycles. The third-order valence-corrected chi connectivity index (χ3v) is 5.63. The Labute approximate surface area is 241 Å². The van der Waals surface area contributed by atoms with E-state index in [1.165, 1.54) is 6.92 Å². The average molecular weight is 616 g/mol. The van der Waals surface area contributed by atoms with Gasteiger partial charge in [-0.15, -0.1) is 0 Å². The van der Waals surface area contributed by atoms with Crippen molar-refractivity contribution in [3.63, 3.8) is 0 Å². The molecule has 0 aromatic carbocycles. The van der Waals surface area contributed by atoms with Crippen LogP contribution in [0.5, 0.6) is 0 Å². The zero-order chi connectivity index (χ0) is 31.0. The minimum Gasteiger partial charge on any atom is -0.480 e. The van der Waals surface area contributed by atoms with Gasteiger partial charge in [0.1, 0.15) is 30.8 Å². The van der Waals surface area contributed by atoms with Crippen LogP contribution in [0.2, 0.25) is 0 Å². The summed E-state index contributed by atoms with van der Waals surface area (Å²) in [4.78, 5) is 66.0. The molecule has 0 aromatic rings. The highest BCUT2D eigenvalue weighted by Crippen LogP contribution is 2.26. The Hall–Kier alpha value is -2.64. The number of ether oxygens (including phenoxy) is 5.